The van der Waals surface area contributed by atoms with Crippen LogP contribution in [-0.4, -0.2) is 43.9 Å². The first kappa shape index (κ1) is 19.9. The molecule has 7 nitrogen and oxygen atoms in total. The fourth-order valence-corrected chi connectivity index (χ4v) is 2.35. The molecule has 0 aliphatic rings. The smallest absolute Gasteiger partial charge is 0.239 e. The third kappa shape index (κ3) is 7.18. The highest BCUT2D eigenvalue weighted by Crippen LogP contribution is 2.11. The Morgan fingerprint density at radius 3 is 2.44 bits per heavy atom. The first-order chi connectivity index (χ1) is 13.0. The van der Waals surface area contributed by atoms with Crippen LogP contribution in [0.2, 0.25) is 0 Å². The minimum Gasteiger partial charge on any atom is -0.376 e. The third-order valence-electron chi connectivity index (χ3n) is 3.63. The Labute approximate surface area is 159 Å². The van der Waals surface area contributed by atoms with Gasteiger partial charge < -0.3 is 20.9 Å². The summed E-state index contributed by atoms with van der Waals surface area (Å²) in [5.41, 5.74) is 2.94. The quantitative estimate of drug-likeness (QED) is 0.663. The van der Waals surface area contributed by atoms with Crippen molar-refractivity contribution < 1.29 is 9.59 Å². The monoisotopic (exact) mass is 365 g/mol. The molecule has 0 aliphatic carbocycles. The molecule has 0 aliphatic heterocycles. The minimum absolute atomic E-state index is 0.0900. The fraction of sp³-hybridized carbons (Fsp3) is 0.250. The van der Waals surface area contributed by atoms with Gasteiger partial charge in [-0.2, -0.15) is 5.26 Å². The number of anilines is 2. The van der Waals surface area contributed by atoms with E-state index in [1.54, 1.807) is 29.2 Å². The maximum absolute atomic E-state index is 12.0. The van der Waals surface area contributed by atoms with E-state index in [0.717, 1.165) is 11.3 Å². The summed E-state index contributed by atoms with van der Waals surface area (Å²) in [6.45, 7) is 0.804. The molecule has 2 rings (SSSR count). The third-order valence-corrected chi connectivity index (χ3v) is 3.63. The van der Waals surface area contributed by atoms with E-state index in [0.29, 0.717) is 24.3 Å². The van der Waals surface area contributed by atoms with E-state index in [2.05, 4.69) is 16.0 Å². The van der Waals surface area contributed by atoms with Gasteiger partial charge in [0, 0.05) is 17.9 Å². The summed E-state index contributed by atoms with van der Waals surface area (Å²) in [4.78, 5) is 25.6. The van der Waals surface area contributed by atoms with Crippen molar-refractivity contribution in [2.45, 2.75) is 6.54 Å². The molecule has 2 aromatic rings. The van der Waals surface area contributed by atoms with Gasteiger partial charge in [-0.3, -0.25) is 9.59 Å². The average molecular weight is 365 g/mol. The first-order valence-corrected chi connectivity index (χ1v) is 8.50. The van der Waals surface area contributed by atoms with Gasteiger partial charge in [-0.25, -0.2) is 0 Å². The number of nitriles is 1. The molecule has 0 saturated carbocycles. The molecule has 0 spiro atoms. The number of likely N-dealkylation sites (N-methyl/N-ethyl adjacent to an activating group) is 1. The van der Waals surface area contributed by atoms with Gasteiger partial charge in [0.25, 0.3) is 0 Å². The Bertz CT molecular complexity index is 825. The summed E-state index contributed by atoms with van der Waals surface area (Å²) in [6.07, 6.45) is 0. The molecule has 0 fully saturated rings. The van der Waals surface area contributed by atoms with Crippen LogP contribution in [-0.2, 0) is 16.1 Å². The normalized spacial score (nSPS) is 10.1. The molecule has 0 aromatic heterocycles. The molecule has 3 N–H and O–H groups in total. The molecule has 0 radical (unpaired) electrons. The largest absolute Gasteiger partial charge is 0.376 e. The van der Waals surface area contributed by atoms with Crippen LogP contribution in [0.5, 0.6) is 0 Å². The van der Waals surface area contributed by atoms with Crippen LogP contribution in [0.4, 0.5) is 11.4 Å². The van der Waals surface area contributed by atoms with Gasteiger partial charge in [0.1, 0.15) is 0 Å². The number of carbonyl (C=O) groups is 2. The number of carbonyl (C=O) groups excluding carboxylic acids is 2. The zero-order chi connectivity index (χ0) is 19.6. The summed E-state index contributed by atoms with van der Waals surface area (Å²) >= 11 is 0. The molecule has 0 bridgehead atoms. The van der Waals surface area contributed by atoms with Crippen molar-refractivity contribution >= 4 is 23.2 Å². The fourth-order valence-electron chi connectivity index (χ4n) is 2.35. The number of rotatable bonds is 8. The molecular weight excluding hydrogens is 342 g/mol. The second-order valence-corrected chi connectivity index (χ2v) is 6.31. The Hall–Kier alpha value is -3.37. The van der Waals surface area contributed by atoms with Gasteiger partial charge in [-0.1, -0.05) is 12.1 Å². The number of hydrogen-bond acceptors (Lipinski definition) is 5. The number of benzene rings is 2. The molecule has 0 heterocycles. The Kier molecular flexibility index (Phi) is 7.35. The topological polar surface area (TPSA) is 97.3 Å². The second kappa shape index (κ2) is 9.94. The van der Waals surface area contributed by atoms with Crippen LogP contribution in [0.1, 0.15) is 11.1 Å². The van der Waals surface area contributed by atoms with Crippen molar-refractivity contribution in [3.05, 3.63) is 59.7 Å². The van der Waals surface area contributed by atoms with Crippen LogP contribution >= 0.6 is 0 Å². The number of hydrogen-bond donors (Lipinski definition) is 3. The van der Waals surface area contributed by atoms with Gasteiger partial charge >= 0.3 is 0 Å². The van der Waals surface area contributed by atoms with Crippen molar-refractivity contribution in [2.24, 2.45) is 0 Å². The van der Waals surface area contributed by atoms with Crippen LogP contribution in [0.3, 0.4) is 0 Å². The van der Waals surface area contributed by atoms with Crippen LogP contribution < -0.4 is 16.0 Å². The van der Waals surface area contributed by atoms with Gasteiger partial charge in [0.2, 0.25) is 11.8 Å². The maximum Gasteiger partial charge on any atom is 0.239 e. The first-order valence-electron chi connectivity index (χ1n) is 8.50. The zero-order valence-electron chi connectivity index (χ0n) is 15.5. The highest BCUT2D eigenvalue weighted by atomic mass is 16.2. The van der Waals surface area contributed by atoms with E-state index < -0.39 is 0 Å². The summed E-state index contributed by atoms with van der Waals surface area (Å²) < 4.78 is 0. The number of nitrogens with one attached hydrogen (secondary N) is 3. The summed E-state index contributed by atoms with van der Waals surface area (Å²) in [7, 11) is 3.66. The Balaban J connectivity index is 1.79. The number of nitrogens with zero attached hydrogens (tertiary/aromatic N) is 2. The zero-order valence-corrected chi connectivity index (χ0v) is 15.5. The lowest BCUT2D eigenvalue weighted by Gasteiger charge is -2.11. The molecule has 0 atom stereocenters. The van der Waals surface area contributed by atoms with Crippen molar-refractivity contribution in [1.29, 1.82) is 5.26 Å². The number of amides is 2. The molecule has 2 amide bonds. The maximum atomic E-state index is 12.0. The molecule has 2 aromatic carbocycles. The summed E-state index contributed by atoms with van der Waals surface area (Å²) in [5, 5.41) is 17.4. The second-order valence-electron chi connectivity index (χ2n) is 6.31. The predicted molar refractivity (Wildman–Crippen MR) is 105 cm³/mol. The van der Waals surface area contributed by atoms with Crippen molar-refractivity contribution in [3.8, 4) is 6.07 Å². The molecule has 7 heteroatoms. The molecular formula is C20H23N5O2. The van der Waals surface area contributed by atoms with Gasteiger partial charge in [0.15, 0.2) is 0 Å². The van der Waals surface area contributed by atoms with Gasteiger partial charge in [-0.15, -0.1) is 0 Å². The summed E-state index contributed by atoms with van der Waals surface area (Å²) in [5.74, 6) is -0.241. The van der Waals surface area contributed by atoms with E-state index in [4.69, 9.17) is 5.26 Å². The Morgan fingerprint density at radius 2 is 1.78 bits per heavy atom. The predicted octanol–water partition coefficient (Wildman–Crippen LogP) is 1.79. The highest BCUT2D eigenvalue weighted by molar-refractivity contribution is 5.92. The van der Waals surface area contributed by atoms with Crippen LogP contribution in [0, 0.1) is 11.3 Å². The minimum atomic E-state index is -0.151. The van der Waals surface area contributed by atoms with Gasteiger partial charge in [0.05, 0.1) is 24.7 Å². The van der Waals surface area contributed by atoms with Crippen LogP contribution in [0.15, 0.2) is 48.5 Å². The molecule has 0 saturated heterocycles. The lowest BCUT2D eigenvalue weighted by molar-refractivity contribution is -0.119. The van der Waals surface area contributed by atoms with Crippen LogP contribution in [0.25, 0.3) is 0 Å². The summed E-state index contributed by atoms with van der Waals surface area (Å²) in [6, 6.07) is 16.3. The van der Waals surface area contributed by atoms with Crippen molar-refractivity contribution in [2.75, 3.05) is 37.8 Å². The standard InChI is InChI=1S/C20H23N5O2/c1-25(2)14-20(27)24-18-5-3-4-16(10-18)12-23-19(26)13-22-17-8-6-15(11-21)7-9-17/h3-10,22H,12-14H2,1-2H3,(H,23,26)(H,24,27). The van der Waals surface area contributed by atoms with Gasteiger partial charge in [-0.05, 0) is 56.1 Å². The van der Waals surface area contributed by atoms with E-state index in [9.17, 15) is 9.59 Å². The molecule has 27 heavy (non-hydrogen) atoms. The molecule has 0 unspecified atom stereocenters. The van der Waals surface area contributed by atoms with Crippen molar-refractivity contribution in [3.63, 3.8) is 0 Å². The van der Waals surface area contributed by atoms with E-state index in [1.165, 1.54) is 0 Å². The van der Waals surface area contributed by atoms with E-state index in [-0.39, 0.29) is 18.4 Å². The lowest BCUT2D eigenvalue weighted by Crippen LogP contribution is -2.29. The highest BCUT2D eigenvalue weighted by Gasteiger charge is 2.05. The van der Waals surface area contributed by atoms with E-state index in [1.807, 2.05) is 44.4 Å². The van der Waals surface area contributed by atoms with E-state index >= 15 is 0 Å². The lowest BCUT2D eigenvalue weighted by atomic mass is 10.2. The van der Waals surface area contributed by atoms with Crippen molar-refractivity contribution in [1.82, 2.24) is 10.2 Å². The SMILES string of the molecule is CN(C)CC(=O)Nc1cccc(CNC(=O)CNc2ccc(C#N)cc2)c1. The average Bonchev–Trinajstić information content (AvgIpc) is 2.64. The molecule has 140 valence electrons. The Morgan fingerprint density at radius 1 is 1.04 bits per heavy atom.